The second kappa shape index (κ2) is 10.5. The maximum atomic E-state index is 13.3. The Morgan fingerprint density at radius 1 is 1.06 bits per heavy atom. The van der Waals surface area contributed by atoms with Crippen LogP contribution < -0.4 is 0 Å². The van der Waals surface area contributed by atoms with E-state index in [1.807, 2.05) is 0 Å². The van der Waals surface area contributed by atoms with Crippen molar-refractivity contribution in [1.29, 1.82) is 0 Å². The lowest BCUT2D eigenvalue weighted by Gasteiger charge is -2.37. The molecule has 1 N–H and O–H groups in total. The zero-order valence-electron chi connectivity index (χ0n) is 16.4. The lowest BCUT2D eigenvalue weighted by atomic mass is 9.76. The number of hydrogen-bond donors (Lipinski definition) is 1. The Kier molecular flexibility index (Phi) is 9.78. The van der Waals surface area contributed by atoms with Gasteiger partial charge in [-0.3, -0.25) is 9.35 Å². The van der Waals surface area contributed by atoms with Gasteiger partial charge in [0.05, 0.1) is 13.0 Å². The molecule has 7 nitrogen and oxygen atoms in total. The third kappa shape index (κ3) is 8.16. The molecule has 0 aliphatic heterocycles. The molecule has 14 heteroatoms. The van der Waals surface area contributed by atoms with Crippen LogP contribution >= 0.6 is 0 Å². The fourth-order valence-corrected chi connectivity index (χ4v) is 3.60. The summed E-state index contributed by atoms with van der Waals surface area (Å²) >= 11 is 0. The Morgan fingerprint density at radius 2 is 1.58 bits per heavy atom. The Morgan fingerprint density at radius 3 is 1.94 bits per heavy atom. The normalized spacial score (nSPS) is 15.0. The largest absolute Gasteiger partial charge is 0.463 e. The van der Waals surface area contributed by atoms with Gasteiger partial charge in [0.15, 0.2) is 0 Å². The number of alkyl halides is 6. The van der Waals surface area contributed by atoms with Gasteiger partial charge in [-0.1, -0.05) is 19.6 Å². The fourth-order valence-electron chi connectivity index (χ4n) is 2.71. The van der Waals surface area contributed by atoms with E-state index < -0.39 is 57.6 Å². The summed E-state index contributed by atoms with van der Waals surface area (Å²) in [5.74, 6) is -5.82. The maximum absolute atomic E-state index is 13.3. The molecular formula is C17H22F6O7S. The van der Waals surface area contributed by atoms with Crippen molar-refractivity contribution < 1.29 is 58.4 Å². The highest BCUT2D eigenvalue weighted by molar-refractivity contribution is 7.85. The third-order valence-electron chi connectivity index (χ3n) is 4.48. The molecule has 0 aromatic heterocycles. The van der Waals surface area contributed by atoms with Gasteiger partial charge in [0.1, 0.15) is 5.75 Å². The van der Waals surface area contributed by atoms with Crippen LogP contribution in [0.4, 0.5) is 26.3 Å². The lowest BCUT2D eigenvalue weighted by molar-refractivity contribution is -0.361. The zero-order valence-corrected chi connectivity index (χ0v) is 17.2. The van der Waals surface area contributed by atoms with Crippen LogP contribution in [0.15, 0.2) is 25.3 Å². The van der Waals surface area contributed by atoms with Crippen LogP contribution in [0.25, 0.3) is 0 Å². The maximum Gasteiger partial charge on any atom is 0.438 e. The molecule has 180 valence electrons. The van der Waals surface area contributed by atoms with Crippen LogP contribution in [0.2, 0.25) is 0 Å². The number of carbonyl (C=O) groups is 2. The van der Waals surface area contributed by atoms with Gasteiger partial charge in [-0.05, 0) is 24.7 Å². The molecule has 31 heavy (non-hydrogen) atoms. The van der Waals surface area contributed by atoms with E-state index in [0.29, 0.717) is 0 Å². The van der Waals surface area contributed by atoms with Crippen molar-refractivity contribution in [2.24, 2.45) is 5.41 Å². The van der Waals surface area contributed by atoms with Crippen molar-refractivity contribution in [1.82, 2.24) is 0 Å². The van der Waals surface area contributed by atoms with E-state index in [1.165, 1.54) is 13.0 Å². The van der Waals surface area contributed by atoms with Crippen molar-refractivity contribution in [3.05, 3.63) is 25.3 Å². The molecule has 0 heterocycles. The average molecular weight is 484 g/mol. The van der Waals surface area contributed by atoms with E-state index in [-0.39, 0.29) is 25.9 Å². The molecule has 0 amide bonds. The van der Waals surface area contributed by atoms with E-state index in [9.17, 15) is 44.3 Å². The fraction of sp³-hybridized carbons (Fsp3) is 0.647. The lowest BCUT2D eigenvalue weighted by Crippen LogP contribution is -2.63. The van der Waals surface area contributed by atoms with Crippen LogP contribution in [0.5, 0.6) is 0 Å². The van der Waals surface area contributed by atoms with Crippen LogP contribution in [-0.2, 0) is 29.2 Å². The monoisotopic (exact) mass is 484 g/mol. The van der Waals surface area contributed by atoms with Crippen molar-refractivity contribution in [2.45, 2.75) is 50.6 Å². The Balaban J connectivity index is 5.99. The molecule has 0 saturated carbocycles. The summed E-state index contributed by atoms with van der Waals surface area (Å²) in [7, 11) is -5.88. The molecule has 0 aromatic carbocycles. The second-order valence-electron chi connectivity index (χ2n) is 6.67. The summed E-state index contributed by atoms with van der Waals surface area (Å²) < 4.78 is 119. The van der Waals surface area contributed by atoms with Gasteiger partial charge < -0.3 is 9.47 Å². The quantitative estimate of drug-likeness (QED) is 0.148. The van der Waals surface area contributed by atoms with Crippen LogP contribution in [0.1, 0.15) is 32.6 Å². The smallest absolute Gasteiger partial charge is 0.438 e. The highest BCUT2D eigenvalue weighted by atomic mass is 32.2. The Labute approximate surface area is 174 Å². The first-order chi connectivity index (χ1) is 13.9. The number of hydrogen-bond acceptors (Lipinski definition) is 6. The Bertz CT molecular complexity index is 759. The minimum Gasteiger partial charge on any atom is -0.463 e. The SMILES string of the molecule is C=CCC(CC)(CCOC(=O)C=C)CC(=O)OC(CS(=O)(=O)O)(C(F)(F)F)C(F)(F)F. The second-order valence-corrected chi connectivity index (χ2v) is 8.12. The molecule has 0 aliphatic rings. The first-order valence-electron chi connectivity index (χ1n) is 8.59. The molecule has 0 aliphatic carbocycles. The predicted molar refractivity (Wildman–Crippen MR) is 95.3 cm³/mol. The van der Waals surface area contributed by atoms with Gasteiger partial charge in [0.2, 0.25) is 0 Å². The molecule has 0 aromatic rings. The zero-order chi connectivity index (χ0) is 24.7. The molecular weight excluding hydrogens is 462 g/mol. The van der Waals surface area contributed by atoms with Gasteiger partial charge in [-0.25, -0.2) is 4.79 Å². The predicted octanol–water partition coefficient (Wildman–Crippen LogP) is 3.76. The van der Waals surface area contributed by atoms with Crippen molar-refractivity contribution in [2.75, 3.05) is 12.4 Å². The Hall–Kier alpha value is -2.09. The standard InChI is InChI=1S/C17H22F6O7S/c1-4-7-14(6-3,8-9-29-12(24)5-2)10-13(25)30-15(16(18,19)20,17(21,22)23)11-31(26,27)28/h4-5H,1-2,6-11H2,3H3,(H,26,27,28). The van der Waals surface area contributed by atoms with Crippen LogP contribution in [-0.4, -0.2) is 55.2 Å². The number of ether oxygens (including phenoxy) is 2. The van der Waals surface area contributed by atoms with Gasteiger partial charge in [0, 0.05) is 6.08 Å². The highest BCUT2D eigenvalue weighted by Crippen LogP contribution is 2.48. The minimum absolute atomic E-state index is 0.0308. The summed E-state index contributed by atoms with van der Waals surface area (Å²) in [6.07, 6.45) is -12.0. The molecule has 0 fully saturated rings. The van der Waals surface area contributed by atoms with Gasteiger partial charge in [-0.2, -0.15) is 34.8 Å². The first-order valence-corrected chi connectivity index (χ1v) is 10.2. The van der Waals surface area contributed by atoms with Crippen molar-refractivity contribution >= 4 is 22.1 Å². The van der Waals surface area contributed by atoms with E-state index in [1.54, 1.807) is 0 Å². The number of esters is 2. The summed E-state index contributed by atoms with van der Waals surface area (Å²) in [5, 5.41) is 0. The van der Waals surface area contributed by atoms with E-state index in [0.717, 1.165) is 6.08 Å². The van der Waals surface area contributed by atoms with E-state index >= 15 is 0 Å². The molecule has 1 unspecified atom stereocenters. The van der Waals surface area contributed by atoms with Gasteiger partial charge in [0.25, 0.3) is 10.1 Å². The number of halogens is 6. The van der Waals surface area contributed by atoms with E-state index in [4.69, 9.17) is 9.29 Å². The molecule has 0 saturated heterocycles. The summed E-state index contributed by atoms with van der Waals surface area (Å²) in [6, 6.07) is 0. The number of rotatable bonds is 12. The van der Waals surface area contributed by atoms with Gasteiger partial charge >= 0.3 is 29.9 Å². The summed E-state index contributed by atoms with van der Waals surface area (Å²) in [4.78, 5) is 23.3. The molecule has 1 atom stereocenters. The van der Waals surface area contributed by atoms with Crippen LogP contribution in [0.3, 0.4) is 0 Å². The van der Waals surface area contributed by atoms with Crippen molar-refractivity contribution in [3.63, 3.8) is 0 Å². The molecule has 0 spiro atoms. The average Bonchev–Trinajstić information content (AvgIpc) is 2.57. The summed E-state index contributed by atoms with van der Waals surface area (Å²) in [5.41, 5.74) is -6.78. The molecule has 0 rings (SSSR count). The number of carbonyl (C=O) groups excluding carboxylic acids is 2. The summed E-state index contributed by atoms with van der Waals surface area (Å²) in [6.45, 7) is 7.70. The van der Waals surface area contributed by atoms with E-state index in [2.05, 4.69) is 17.9 Å². The van der Waals surface area contributed by atoms with Gasteiger partial charge in [-0.15, -0.1) is 6.58 Å². The van der Waals surface area contributed by atoms with Crippen molar-refractivity contribution in [3.8, 4) is 0 Å². The van der Waals surface area contributed by atoms with Crippen LogP contribution in [0, 0.1) is 5.41 Å². The third-order valence-corrected chi connectivity index (χ3v) is 5.25. The molecule has 0 radical (unpaired) electrons. The highest BCUT2D eigenvalue weighted by Gasteiger charge is 2.76. The topological polar surface area (TPSA) is 107 Å². The first kappa shape index (κ1) is 28.9. The molecule has 0 bridgehead atoms. The number of allylic oxidation sites excluding steroid dienone is 1. The minimum atomic E-state index is -6.41.